The normalized spacial score (nSPS) is 11.7. The minimum absolute atomic E-state index is 0.0289. The van der Waals surface area contributed by atoms with Crippen LogP contribution in [0.15, 0.2) is 0 Å². The summed E-state index contributed by atoms with van der Waals surface area (Å²) in [4.78, 5) is 0. The van der Waals surface area contributed by atoms with Gasteiger partial charge in [0.15, 0.2) is 0 Å². The summed E-state index contributed by atoms with van der Waals surface area (Å²) in [5.74, 6) is -0.556. The Bertz CT molecular complexity index is 304. The van der Waals surface area contributed by atoms with Crippen molar-refractivity contribution >= 4 is 20.2 Å². The minimum atomic E-state index is -3.80. The SMILES string of the molecule is CCS(=O)(=O)O.NCCS(=O)(=O)O. The zero-order chi connectivity index (χ0) is 11.1. The fraction of sp³-hybridized carbons (Fsp3) is 1.00. The van der Waals surface area contributed by atoms with Crippen molar-refractivity contribution in [2.24, 2.45) is 5.73 Å². The van der Waals surface area contributed by atoms with Crippen molar-refractivity contribution in [2.75, 3.05) is 18.1 Å². The zero-order valence-electron chi connectivity index (χ0n) is 7.04. The van der Waals surface area contributed by atoms with Crippen molar-refractivity contribution in [2.45, 2.75) is 6.92 Å². The van der Waals surface area contributed by atoms with Gasteiger partial charge in [-0.3, -0.25) is 9.11 Å². The van der Waals surface area contributed by atoms with Crippen LogP contribution in [0.4, 0.5) is 0 Å². The highest BCUT2D eigenvalue weighted by Gasteiger charge is 1.98. The van der Waals surface area contributed by atoms with Gasteiger partial charge in [0.05, 0.1) is 11.5 Å². The van der Waals surface area contributed by atoms with Crippen LogP contribution < -0.4 is 5.73 Å². The third-order valence-electron chi connectivity index (χ3n) is 0.741. The average molecular weight is 235 g/mol. The van der Waals surface area contributed by atoms with Gasteiger partial charge in [-0.15, -0.1) is 0 Å². The van der Waals surface area contributed by atoms with Crippen molar-refractivity contribution in [3.63, 3.8) is 0 Å². The van der Waals surface area contributed by atoms with E-state index in [1.807, 2.05) is 0 Å². The Hall–Kier alpha value is -0.220. The van der Waals surface area contributed by atoms with Crippen molar-refractivity contribution in [1.82, 2.24) is 0 Å². The van der Waals surface area contributed by atoms with Crippen LogP contribution in [-0.2, 0) is 20.2 Å². The van der Waals surface area contributed by atoms with E-state index < -0.39 is 20.2 Å². The predicted molar refractivity (Wildman–Crippen MR) is 47.6 cm³/mol. The second-order valence-electron chi connectivity index (χ2n) is 1.95. The summed E-state index contributed by atoms with van der Waals surface area (Å²) in [6.07, 6.45) is 0. The first-order chi connectivity index (χ1) is 5.62. The van der Waals surface area contributed by atoms with Gasteiger partial charge in [-0.05, 0) is 6.92 Å². The number of rotatable bonds is 3. The van der Waals surface area contributed by atoms with Crippen LogP contribution in [0, 0.1) is 0 Å². The van der Waals surface area contributed by atoms with Crippen molar-refractivity contribution < 1.29 is 25.9 Å². The first kappa shape index (κ1) is 15.3. The van der Waals surface area contributed by atoms with Gasteiger partial charge >= 0.3 is 0 Å². The second-order valence-corrected chi connectivity index (χ2v) is 5.26. The monoisotopic (exact) mass is 235 g/mol. The maximum atomic E-state index is 9.71. The third kappa shape index (κ3) is 24.5. The molecule has 82 valence electrons. The minimum Gasteiger partial charge on any atom is -0.329 e. The molecule has 13 heavy (non-hydrogen) atoms. The van der Waals surface area contributed by atoms with E-state index in [9.17, 15) is 16.8 Å². The number of hydrogen-bond donors (Lipinski definition) is 3. The first-order valence-corrected chi connectivity index (χ1v) is 6.44. The zero-order valence-corrected chi connectivity index (χ0v) is 8.68. The summed E-state index contributed by atoms with van der Waals surface area (Å²) < 4.78 is 54.2. The molecule has 0 rings (SSSR count). The Morgan fingerprint density at radius 3 is 1.38 bits per heavy atom. The van der Waals surface area contributed by atoms with Crippen molar-refractivity contribution in [1.29, 1.82) is 0 Å². The molecule has 0 saturated heterocycles. The number of nitrogens with two attached hydrogens (primary N) is 1. The first-order valence-electron chi connectivity index (χ1n) is 3.22. The molecular weight excluding hydrogens is 222 g/mol. The van der Waals surface area contributed by atoms with E-state index in [1.165, 1.54) is 6.92 Å². The second kappa shape index (κ2) is 6.27. The van der Waals surface area contributed by atoms with Crippen LogP contribution in [0.25, 0.3) is 0 Å². The van der Waals surface area contributed by atoms with Crippen LogP contribution >= 0.6 is 0 Å². The number of hydrogen-bond acceptors (Lipinski definition) is 5. The van der Waals surface area contributed by atoms with Gasteiger partial charge in [-0.25, -0.2) is 0 Å². The maximum Gasteiger partial charge on any atom is 0.266 e. The molecule has 0 amide bonds. The highest BCUT2D eigenvalue weighted by molar-refractivity contribution is 7.86. The molecule has 0 aromatic rings. The lowest BCUT2D eigenvalue weighted by Crippen LogP contribution is -2.13. The summed E-state index contributed by atoms with van der Waals surface area (Å²) in [7, 11) is -7.46. The molecule has 0 aliphatic heterocycles. The Kier molecular flexibility index (Phi) is 7.36. The van der Waals surface area contributed by atoms with E-state index in [4.69, 9.17) is 14.8 Å². The molecule has 0 spiro atoms. The highest BCUT2D eigenvalue weighted by Crippen LogP contribution is 1.74. The molecule has 0 aromatic carbocycles. The van der Waals surface area contributed by atoms with Crippen LogP contribution in [0.1, 0.15) is 6.92 Å². The Morgan fingerprint density at radius 2 is 1.38 bits per heavy atom. The van der Waals surface area contributed by atoms with Gasteiger partial charge in [0, 0.05) is 6.54 Å². The van der Waals surface area contributed by atoms with E-state index in [1.54, 1.807) is 0 Å². The molecule has 0 heterocycles. The lowest BCUT2D eigenvalue weighted by molar-refractivity contribution is 0.481. The Morgan fingerprint density at radius 1 is 1.08 bits per heavy atom. The summed E-state index contributed by atoms with van der Waals surface area (Å²) in [6, 6.07) is 0. The van der Waals surface area contributed by atoms with Gasteiger partial charge in [-0.1, -0.05) is 0 Å². The molecule has 0 aromatic heterocycles. The molecule has 4 N–H and O–H groups in total. The molecular formula is C4H13NO6S2. The maximum absolute atomic E-state index is 9.71. The van der Waals surface area contributed by atoms with E-state index in [0.29, 0.717) is 0 Å². The fourth-order valence-electron chi connectivity index (χ4n) is 0.149. The highest BCUT2D eigenvalue weighted by atomic mass is 32.2. The quantitative estimate of drug-likeness (QED) is 0.519. The van der Waals surface area contributed by atoms with Gasteiger partial charge in [0.2, 0.25) is 0 Å². The predicted octanol–water partition coefficient (Wildman–Crippen LogP) is -1.27. The third-order valence-corrected chi connectivity index (χ3v) is 2.22. The molecule has 0 saturated carbocycles. The molecule has 9 heteroatoms. The van der Waals surface area contributed by atoms with Crippen LogP contribution in [-0.4, -0.2) is 44.0 Å². The fourth-order valence-corrected chi connectivity index (χ4v) is 0.447. The van der Waals surface area contributed by atoms with E-state index in [0.717, 1.165) is 0 Å². The summed E-state index contributed by atoms with van der Waals surface area (Å²) in [6.45, 7) is 1.34. The van der Waals surface area contributed by atoms with E-state index in [-0.39, 0.29) is 18.1 Å². The Balaban J connectivity index is 0. The lowest BCUT2D eigenvalue weighted by atomic mass is 10.8. The Labute approximate surface area is 77.4 Å². The van der Waals surface area contributed by atoms with E-state index >= 15 is 0 Å². The van der Waals surface area contributed by atoms with Crippen molar-refractivity contribution in [3.8, 4) is 0 Å². The average Bonchev–Trinajstić information content (AvgIpc) is 1.84. The molecule has 7 nitrogen and oxygen atoms in total. The lowest BCUT2D eigenvalue weighted by Gasteiger charge is -1.86. The molecule has 0 fully saturated rings. The molecule has 0 unspecified atom stereocenters. The summed E-state index contributed by atoms with van der Waals surface area (Å²) in [5, 5.41) is 0. The summed E-state index contributed by atoms with van der Waals surface area (Å²) >= 11 is 0. The molecule has 0 atom stereocenters. The van der Waals surface area contributed by atoms with Crippen LogP contribution in [0.5, 0.6) is 0 Å². The van der Waals surface area contributed by atoms with Gasteiger partial charge in [0.25, 0.3) is 20.2 Å². The summed E-state index contributed by atoms with van der Waals surface area (Å²) in [5.41, 5.74) is 4.78. The molecule has 0 bridgehead atoms. The standard InChI is InChI=1S/C2H7NO3S.C2H6O3S/c3-1-2-7(4,5)6;1-2-6(3,4)5/h1-3H2,(H,4,5,6);2H2,1H3,(H,3,4,5). The van der Waals surface area contributed by atoms with Gasteiger partial charge in [0.1, 0.15) is 0 Å². The largest absolute Gasteiger partial charge is 0.329 e. The molecule has 0 radical (unpaired) electrons. The molecule has 0 aliphatic carbocycles. The topological polar surface area (TPSA) is 135 Å². The van der Waals surface area contributed by atoms with E-state index in [2.05, 4.69) is 0 Å². The van der Waals surface area contributed by atoms with Crippen molar-refractivity contribution in [3.05, 3.63) is 0 Å². The van der Waals surface area contributed by atoms with Crippen LogP contribution in [0.3, 0.4) is 0 Å². The smallest absolute Gasteiger partial charge is 0.266 e. The molecule has 0 aliphatic rings. The van der Waals surface area contributed by atoms with Gasteiger partial charge in [-0.2, -0.15) is 16.8 Å². The van der Waals surface area contributed by atoms with Crippen LogP contribution in [0.2, 0.25) is 0 Å². The van der Waals surface area contributed by atoms with Gasteiger partial charge < -0.3 is 5.73 Å².